The van der Waals surface area contributed by atoms with E-state index in [0.29, 0.717) is 13.1 Å². The number of anilines is 1. The normalized spacial score (nSPS) is 21.5. The zero-order valence-electron chi connectivity index (χ0n) is 13.3. The van der Waals surface area contributed by atoms with Gasteiger partial charge in [0.15, 0.2) is 0 Å². The Kier molecular flexibility index (Phi) is 3.51. The Bertz CT molecular complexity index is 889. The molecule has 2 aliphatic heterocycles. The molecule has 0 N–H and O–H groups in total. The van der Waals surface area contributed by atoms with Crippen LogP contribution in [0, 0.1) is 0 Å². The lowest BCUT2D eigenvalue weighted by atomic mass is 10.1. The highest BCUT2D eigenvalue weighted by atomic mass is 32.2. The number of carbonyl (C=O) groups excluding carboxylic acids is 1. The number of nitrogens with zero attached hydrogens (tertiary/aromatic N) is 2. The molecule has 0 bridgehead atoms. The van der Waals surface area contributed by atoms with Crippen molar-refractivity contribution >= 4 is 21.6 Å². The topological polar surface area (TPSA) is 70.8 Å². The molecule has 24 heavy (non-hydrogen) atoms. The van der Waals surface area contributed by atoms with Crippen LogP contribution >= 0.6 is 0 Å². The van der Waals surface area contributed by atoms with Crippen molar-refractivity contribution in [1.29, 1.82) is 0 Å². The quantitative estimate of drug-likeness (QED) is 0.852. The molecule has 1 aromatic carbocycles. The molecule has 0 spiro atoms. The highest BCUT2D eigenvalue weighted by Crippen LogP contribution is 2.34. The van der Waals surface area contributed by atoms with Gasteiger partial charge in [-0.3, -0.25) is 4.79 Å². The molecule has 0 aliphatic carbocycles. The molecule has 1 saturated heterocycles. The van der Waals surface area contributed by atoms with Gasteiger partial charge in [0.1, 0.15) is 5.76 Å². The Morgan fingerprint density at radius 1 is 1.25 bits per heavy atom. The summed E-state index contributed by atoms with van der Waals surface area (Å²) in [5, 5.41) is 0. The molecular weight excluding hydrogens is 328 g/mol. The molecule has 4 rings (SSSR count). The number of rotatable bonds is 3. The molecule has 1 unspecified atom stereocenters. The van der Waals surface area contributed by atoms with E-state index in [1.54, 1.807) is 36.4 Å². The summed E-state index contributed by atoms with van der Waals surface area (Å²) in [5.41, 5.74) is 1.55. The fourth-order valence-corrected chi connectivity index (χ4v) is 5.01. The van der Waals surface area contributed by atoms with Gasteiger partial charge in [0.2, 0.25) is 15.9 Å². The number of sulfonamides is 1. The zero-order valence-corrected chi connectivity index (χ0v) is 14.1. The predicted molar refractivity (Wildman–Crippen MR) is 88.4 cm³/mol. The molecule has 1 atom stereocenters. The maximum absolute atomic E-state index is 12.9. The summed E-state index contributed by atoms with van der Waals surface area (Å²) in [7, 11) is -1.85. The number of hydrogen-bond acceptors (Lipinski definition) is 4. The average molecular weight is 346 g/mol. The van der Waals surface area contributed by atoms with Gasteiger partial charge in [0.25, 0.3) is 0 Å². The molecule has 3 heterocycles. The maximum Gasteiger partial charge on any atom is 0.243 e. The van der Waals surface area contributed by atoms with E-state index >= 15 is 0 Å². The Balaban J connectivity index is 1.60. The van der Waals surface area contributed by atoms with E-state index in [-0.39, 0.29) is 23.1 Å². The first-order valence-electron chi connectivity index (χ1n) is 7.90. The Hall–Kier alpha value is -2.12. The molecule has 1 fully saturated rings. The van der Waals surface area contributed by atoms with Crippen LogP contribution in [-0.4, -0.2) is 38.8 Å². The molecule has 7 heteroatoms. The second-order valence-corrected chi connectivity index (χ2v) is 8.22. The van der Waals surface area contributed by atoms with E-state index in [1.165, 1.54) is 4.31 Å². The molecule has 0 saturated carbocycles. The fourth-order valence-electron chi connectivity index (χ4n) is 3.46. The minimum Gasteiger partial charge on any atom is -0.469 e. The minimum absolute atomic E-state index is 0.0152. The van der Waals surface area contributed by atoms with Crippen LogP contribution in [0.4, 0.5) is 5.69 Å². The highest BCUT2D eigenvalue weighted by Gasteiger charge is 2.35. The van der Waals surface area contributed by atoms with Gasteiger partial charge in [-0.15, -0.1) is 0 Å². The first-order chi connectivity index (χ1) is 11.5. The number of likely N-dealkylation sites (N-methyl/N-ethyl adjacent to an activating group) is 1. The van der Waals surface area contributed by atoms with E-state index in [2.05, 4.69) is 0 Å². The molecule has 2 aromatic rings. The van der Waals surface area contributed by atoms with Crippen molar-refractivity contribution in [2.24, 2.45) is 0 Å². The summed E-state index contributed by atoms with van der Waals surface area (Å²) >= 11 is 0. The van der Waals surface area contributed by atoms with Crippen molar-refractivity contribution < 1.29 is 17.6 Å². The van der Waals surface area contributed by atoms with Gasteiger partial charge in [0.05, 0.1) is 17.6 Å². The van der Waals surface area contributed by atoms with Crippen LogP contribution in [0.15, 0.2) is 45.9 Å². The third-order valence-corrected chi connectivity index (χ3v) is 6.72. The summed E-state index contributed by atoms with van der Waals surface area (Å²) < 4.78 is 32.7. The van der Waals surface area contributed by atoms with E-state index < -0.39 is 10.0 Å². The molecule has 1 aromatic heterocycles. The van der Waals surface area contributed by atoms with Crippen LogP contribution in [-0.2, 0) is 21.2 Å². The number of fused-ring (bicyclic) bond motifs is 1. The lowest BCUT2D eigenvalue weighted by molar-refractivity contribution is -0.117. The lowest BCUT2D eigenvalue weighted by Crippen LogP contribution is -2.28. The summed E-state index contributed by atoms with van der Waals surface area (Å²) in [4.78, 5) is 13.6. The van der Waals surface area contributed by atoms with Crippen molar-refractivity contribution in [3.8, 4) is 0 Å². The molecule has 1 amide bonds. The second kappa shape index (κ2) is 5.46. The van der Waals surface area contributed by atoms with E-state index in [4.69, 9.17) is 4.42 Å². The first-order valence-corrected chi connectivity index (χ1v) is 9.34. The number of hydrogen-bond donors (Lipinski definition) is 0. The molecule has 2 aliphatic rings. The minimum atomic E-state index is -3.56. The SMILES string of the molecule is CN1C(=O)Cc2cc(S(=O)(=O)N3CCC(c4ccco4)C3)ccc21. The fraction of sp³-hybridized carbons (Fsp3) is 0.353. The van der Waals surface area contributed by atoms with Crippen LogP contribution in [0.5, 0.6) is 0 Å². The number of furan rings is 1. The maximum atomic E-state index is 12.9. The summed E-state index contributed by atoms with van der Waals surface area (Å²) in [6.45, 7) is 0.898. The standard InChI is InChI=1S/C17H18N2O4S/c1-18-15-5-4-14(9-13(15)10-17(18)20)24(21,22)19-7-6-12(11-19)16-3-2-8-23-16/h2-5,8-9,12H,6-7,10-11H2,1H3. The highest BCUT2D eigenvalue weighted by molar-refractivity contribution is 7.89. The zero-order chi connectivity index (χ0) is 16.9. The van der Waals surface area contributed by atoms with Gasteiger partial charge >= 0.3 is 0 Å². The molecule has 126 valence electrons. The number of carbonyl (C=O) groups is 1. The first kappa shape index (κ1) is 15.4. The van der Waals surface area contributed by atoms with Crippen molar-refractivity contribution in [3.05, 3.63) is 47.9 Å². The van der Waals surface area contributed by atoms with Crippen LogP contribution < -0.4 is 4.90 Å². The smallest absolute Gasteiger partial charge is 0.243 e. The van der Waals surface area contributed by atoms with E-state index in [0.717, 1.165) is 23.4 Å². The van der Waals surface area contributed by atoms with E-state index in [1.807, 2.05) is 12.1 Å². The van der Waals surface area contributed by atoms with Crippen molar-refractivity contribution in [2.45, 2.75) is 23.7 Å². The van der Waals surface area contributed by atoms with Crippen molar-refractivity contribution in [2.75, 3.05) is 25.0 Å². The van der Waals surface area contributed by atoms with Crippen LogP contribution in [0.3, 0.4) is 0 Å². The Morgan fingerprint density at radius 2 is 2.08 bits per heavy atom. The van der Waals surface area contributed by atoms with Gasteiger partial charge in [-0.1, -0.05) is 0 Å². The van der Waals surface area contributed by atoms with Gasteiger partial charge in [-0.25, -0.2) is 8.42 Å². The molecular formula is C17H18N2O4S. The van der Waals surface area contributed by atoms with Gasteiger partial charge in [-0.2, -0.15) is 4.31 Å². The third-order valence-electron chi connectivity index (χ3n) is 4.86. The number of amides is 1. The monoisotopic (exact) mass is 346 g/mol. The Labute approximate surface area is 140 Å². The van der Waals surface area contributed by atoms with Gasteiger partial charge < -0.3 is 9.32 Å². The van der Waals surface area contributed by atoms with Crippen LogP contribution in [0.2, 0.25) is 0 Å². The largest absolute Gasteiger partial charge is 0.469 e. The molecule has 0 radical (unpaired) electrons. The molecule has 6 nitrogen and oxygen atoms in total. The van der Waals surface area contributed by atoms with Gasteiger partial charge in [0, 0.05) is 31.7 Å². The predicted octanol–water partition coefficient (Wildman–Crippen LogP) is 1.98. The summed E-state index contributed by atoms with van der Waals surface area (Å²) in [5.74, 6) is 0.907. The van der Waals surface area contributed by atoms with Crippen LogP contribution in [0.1, 0.15) is 23.7 Å². The van der Waals surface area contributed by atoms with Crippen LogP contribution in [0.25, 0.3) is 0 Å². The third kappa shape index (κ3) is 2.35. The van der Waals surface area contributed by atoms with Gasteiger partial charge in [-0.05, 0) is 42.3 Å². The average Bonchev–Trinajstić information content (AvgIpc) is 3.28. The summed E-state index contributed by atoms with van der Waals surface area (Å²) in [6, 6.07) is 8.64. The van der Waals surface area contributed by atoms with E-state index in [9.17, 15) is 13.2 Å². The van der Waals surface area contributed by atoms with Crippen molar-refractivity contribution in [3.63, 3.8) is 0 Å². The van der Waals surface area contributed by atoms with Crippen molar-refractivity contribution in [1.82, 2.24) is 4.31 Å². The second-order valence-electron chi connectivity index (χ2n) is 6.28. The lowest BCUT2D eigenvalue weighted by Gasteiger charge is -2.17. The number of benzene rings is 1. The summed E-state index contributed by atoms with van der Waals surface area (Å²) in [6.07, 6.45) is 2.61. The Morgan fingerprint density at radius 3 is 2.83 bits per heavy atom.